The maximum atomic E-state index is 12.9. The number of nitrogens with two attached hydrogens (primary N) is 1. The summed E-state index contributed by atoms with van der Waals surface area (Å²) in [5, 5.41) is 7.39. The topological polar surface area (TPSA) is 146 Å². The highest BCUT2D eigenvalue weighted by atomic mass is 16.3. The van der Waals surface area contributed by atoms with Gasteiger partial charge in [-0.1, -0.05) is 18.2 Å². The molecule has 3 N–H and O–H groups in total. The predicted molar refractivity (Wildman–Crippen MR) is 105 cm³/mol. The van der Waals surface area contributed by atoms with Gasteiger partial charge in [-0.15, -0.1) is 0 Å². The first kappa shape index (κ1) is 19.0. The van der Waals surface area contributed by atoms with Crippen molar-refractivity contribution in [1.29, 1.82) is 0 Å². The molecular weight excluding hydrogens is 388 g/mol. The smallest absolute Gasteiger partial charge is 0.287 e. The molecule has 30 heavy (non-hydrogen) atoms. The van der Waals surface area contributed by atoms with Crippen LogP contribution in [0, 0.1) is 0 Å². The first-order chi connectivity index (χ1) is 14.5. The number of benzene rings is 1. The van der Waals surface area contributed by atoms with Crippen molar-refractivity contribution in [2.45, 2.75) is 12.5 Å². The van der Waals surface area contributed by atoms with E-state index in [1.165, 1.54) is 35.6 Å². The lowest BCUT2D eigenvalue weighted by molar-refractivity contribution is -0.137. The zero-order valence-electron chi connectivity index (χ0n) is 15.6. The Kier molecular flexibility index (Phi) is 5.04. The van der Waals surface area contributed by atoms with E-state index in [0.717, 1.165) is 5.39 Å². The van der Waals surface area contributed by atoms with Gasteiger partial charge in [0.05, 0.1) is 12.5 Å². The number of primary amides is 1. The molecular formula is C20H16N6O4. The SMILES string of the molecule is NC(=O)C(=O)C(Cc1coc2ccccc12)NC(=O)c1ccnn1-c1ncccn1. The van der Waals surface area contributed by atoms with Crippen LogP contribution in [0.1, 0.15) is 16.1 Å². The average molecular weight is 404 g/mol. The Hall–Kier alpha value is -4.34. The molecule has 3 aromatic heterocycles. The minimum Gasteiger partial charge on any atom is -0.464 e. The van der Waals surface area contributed by atoms with Crippen LogP contribution >= 0.6 is 0 Å². The van der Waals surface area contributed by atoms with Crippen molar-refractivity contribution in [3.63, 3.8) is 0 Å². The van der Waals surface area contributed by atoms with E-state index in [-0.39, 0.29) is 18.1 Å². The fourth-order valence-electron chi connectivity index (χ4n) is 3.06. The van der Waals surface area contributed by atoms with Gasteiger partial charge in [0.2, 0.25) is 5.78 Å². The van der Waals surface area contributed by atoms with Crippen LogP contribution in [0.15, 0.2) is 65.7 Å². The van der Waals surface area contributed by atoms with Gasteiger partial charge in [0.15, 0.2) is 0 Å². The van der Waals surface area contributed by atoms with Crippen molar-refractivity contribution in [2.24, 2.45) is 5.73 Å². The molecule has 0 saturated carbocycles. The number of amides is 2. The highest BCUT2D eigenvalue weighted by Crippen LogP contribution is 2.22. The van der Waals surface area contributed by atoms with E-state index < -0.39 is 23.6 Å². The quantitative estimate of drug-likeness (QED) is 0.433. The molecule has 0 fully saturated rings. The van der Waals surface area contributed by atoms with Gasteiger partial charge in [0.25, 0.3) is 17.8 Å². The van der Waals surface area contributed by atoms with Crippen molar-refractivity contribution in [3.8, 4) is 5.95 Å². The summed E-state index contributed by atoms with van der Waals surface area (Å²) in [6.07, 6.45) is 5.94. The van der Waals surface area contributed by atoms with E-state index >= 15 is 0 Å². The van der Waals surface area contributed by atoms with Crippen LogP contribution in [0.25, 0.3) is 16.9 Å². The van der Waals surface area contributed by atoms with Gasteiger partial charge < -0.3 is 15.5 Å². The minimum absolute atomic E-state index is 0.0283. The van der Waals surface area contributed by atoms with Crippen LogP contribution in [0.2, 0.25) is 0 Å². The van der Waals surface area contributed by atoms with Gasteiger partial charge in [0.1, 0.15) is 17.3 Å². The second-order valence-corrected chi connectivity index (χ2v) is 6.39. The van der Waals surface area contributed by atoms with E-state index in [1.54, 1.807) is 12.1 Å². The highest BCUT2D eigenvalue weighted by Gasteiger charge is 2.28. The Morgan fingerprint density at radius 2 is 1.83 bits per heavy atom. The van der Waals surface area contributed by atoms with Gasteiger partial charge in [-0.3, -0.25) is 14.4 Å². The monoisotopic (exact) mass is 404 g/mol. The lowest BCUT2D eigenvalue weighted by atomic mass is 10.0. The molecule has 0 aliphatic rings. The number of Topliss-reactive ketones (excluding diaryl/α,β-unsaturated/α-hetero) is 1. The van der Waals surface area contributed by atoms with Crippen LogP contribution in [0.5, 0.6) is 0 Å². The number of aromatic nitrogens is 4. The summed E-state index contributed by atoms with van der Waals surface area (Å²) < 4.78 is 6.70. The van der Waals surface area contributed by atoms with E-state index in [1.807, 2.05) is 18.2 Å². The van der Waals surface area contributed by atoms with E-state index in [0.29, 0.717) is 11.1 Å². The van der Waals surface area contributed by atoms with E-state index in [9.17, 15) is 14.4 Å². The number of nitrogens with zero attached hydrogens (tertiary/aromatic N) is 4. The Labute approximate surface area is 169 Å². The van der Waals surface area contributed by atoms with Crippen LogP contribution < -0.4 is 11.1 Å². The fraction of sp³-hybridized carbons (Fsp3) is 0.100. The number of hydrogen-bond donors (Lipinski definition) is 2. The summed E-state index contributed by atoms with van der Waals surface area (Å²) in [5.74, 6) is -2.51. The highest BCUT2D eigenvalue weighted by molar-refractivity contribution is 6.38. The molecule has 1 aromatic carbocycles. The second-order valence-electron chi connectivity index (χ2n) is 6.39. The summed E-state index contributed by atoms with van der Waals surface area (Å²) in [6, 6.07) is 9.13. The fourth-order valence-corrected chi connectivity index (χ4v) is 3.06. The average Bonchev–Trinajstić information content (AvgIpc) is 3.41. The molecule has 4 aromatic rings. The summed E-state index contributed by atoms with van der Waals surface area (Å²) >= 11 is 0. The predicted octanol–water partition coefficient (Wildman–Crippen LogP) is 0.804. The third kappa shape index (κ3) is 3.65. The molecule has 0 aliphatic heterocycles. The van der Waals surface area contributed by atoms with Crippen LogP contribution in [0.4, 0.5) is 0 Å². The number of nitrogens with one attached hydrogen (secondary N) is 1. The van der Waals surface area contributed by atoms with Crippen LogP contribution in [-0.4, -0.2) is 43.4 Å². The molecule has 0 radical (unpaired) electrons. The third-order valence-corrected chi connectivity index (χ3v) is 4.47. The summed E-state index contributed by atoms with van der Waals surface area (Å²) in [6.45, 7) is 0. The van der Waals surface area contributed by atoms with Gasteiger partial charge in [-0.2, -0.15) is 9.78 Å². The molecule has 2 amide bonds. The molecule has 10 heteroatoms. The summed E-state index contributed by atoms with van der Waals surface area (Å²) in [5.41, 5.74) is 6.58. The first-order valence-corrected chi connectivity index (χ1v) is 8.95. The Bertz CT molecular complexity index is 1230. The molecule has 4 rings (SSSR count). The molecule has 0 spiro atoms. The van der Waals surface area contributed by atoms with Crippen molar-refractivity contribution >= 4 is 28.6 Å². The number of hydrogen-bond acceptors (Lipinski definition) is 7. The van der Waals surface area contributed by atoms with Gasteiger partial charge >= 0.3 is 0 Å². The molecule has 1 unspecified atom stereocenters. The number of furan rings is 1. The Morgan fingerprint density at radius 1 is 1.07 bits per heavy atom. The maximum Gasteiger partial charge on any atom is 0.287 e. The standard InChI is InChI=1S/C20H16N6O4/c21-18(28)17(27)14(10-12-11-30-16-5-2-1-4-13(12)16)25-19(29)15-6-9-24-26(15)20-22-7-3-8-23-20/h1-9,11,14H,10H2,(H2,21,28)(H,25,29). The zero-order chi connectivity index (χ0) is 21.1. The molecule has 150 valence electrons. The first-order valence-electron chi connectivity index (χ1n) is 8.95. The molecule has 1 atom stereocenters. The number of carbonyl (C=O) groups is 3. The van der Waals surface area contributed by atoms with Crippen LogP contribution in [0.3, 0.4) is 0 Å². The largest absolute Gasteiger partial charge is 0.464 e. The van der Waals surface area contributed by atoms with Crippen molar-refractivity contribution in [2.75, 3.05) is 0 Å². The number of para-hydroxylation sites is 1. The number of rotatable bonds is 7. The number of ketones is 1. The van der Waals surface area contributed by atoms with Crippen molar-refractivity contribution in [3.05, 3.63) is 72.5 Å². The molecule has 0 aliphatic carbocycles. The van der Waals surface area contributed by atoms with Crippen molar-refractivity contribution < 1.29 is 18.8 Å². The summed E-state index contributed by atoms with van der Waals surface area (Å²) in [4.78, 5) is 44.9. The van der Waals surface area contributed by atoms with Gasteiger partial charge in [0, 0.05) is 29.8 Å². The molecule has 0 saturated heterocycles. The second kappa shape index (κ2) is 7.95. The number of carbonyl (C=O) groups excluding carboxylic acids is 3. The van der Waals surface area contributed by atoms with Gasteiger partial charge in [-0.05, 0) is 18.2 Å². The molecule has 3 heterocycles. The Morgan fingerprint density at radius 3 is 2.60 bits per heavy atom. The van der Waals surface area contributed by atoms with Crippen molar-refractivity contribution in [1.82, 2.24) is 25.1 Å². The third-order valence-electron chi connectivity index (χ3n) is 4.47. The molecule has 0 bridgehead atoms. The lowest BCUT2D eigenvalue weighted by Gasteiger charge is -2.16. The van der Waals surface area contributed by atoms with E-state index in [4.69, 9.17) is 10.2 Å². The van der Waals surface area contributed by atoms with Crippen LogP contribution in [-0.2, 0) is 16.0 Å². The number of fused-ring (bicyclic) bond motifs is 1. The normalized spacial score (nSPS) is 11.9. The van der Waals surface area contributed by atoms with Gasteiger partial charge in [-0.25, -0.2) is 9.97 Å². The minimum atomic E-state index is -1.18. The molecule has 10 nitrogen and oxygen atoms in total. The summed E-state index contributed by atoms with van der Waals surface area (Å²) in [7, 11) is 0. The maximum absolute atomic E-state index is 12.9. The zero-order valence-corrected chi connectivity index (χ0v) is 15.6. The van der Waals surface area contributed by atoms with E-state index in [2.05, 4.69) is 20.4 Å². The lowest BCUT2D eigenvalue weighted by Crippen LogP contribution is -2.47. The Balaban J connectivity index is 1.62.